The standard InChI is InChI=1S/C34H42N8O6/c1-21(37-33(45)48-4)31(43)41-17-5-7-27(41)29-35-19-25(38-29)15-13-23-9-11-24(12-10-23)14-16-26-20-36-30(39-26)28-8-6-18-42(28)32(44)22(2)40(3)34(46)47/h9-16,19-22,27-28H,5-8,17-18H2,1-4H3,(H,35,38)(H,36,39)(H,37,45)(H,46,47)/t21-,22-,27-,28-/m0/s1. The monoisotopic (exact) mass is 658 g/mol. The molecule has 0 radical (unpaired) electrons. The van der Waals surface area contributed by atoms with Gasteiger partial charge >= 0.3 is 12.2 Å². The second kappa shape index (κ2) is 15.0. The number of likely N-dealkylation sites (N-methyl/N-ethyl adjacent to an activating group) is 1. The number of hydrogen-bond donors (Lipinski definition) is 4. The first-order chi connectivity index (χ1) is 23.0. The van der Waals surface area contributed by atoms with E-state index in [1.54, 1.807) is 29.8 Å². The Morgan fingerprint density at radius 3 is 1.81 bits per heavy atom. The number of ether oxygens (including phenoxy) is 1. The minimum Gasteiger partial charge on any atom is -0.465 e. The smallest absolute Gasteiger partial charge is 0.407 e. The Balaban J connectivity index is 1.16. The van der Waals surface area contributed by atoms with Gasteiger partial charge < -0.3 is 34.9 Å². The number of nitrogens with one attached hydrogen (secondary N) is 3. The zero-order valence-electron chi connectivity index (χ0n) is 27.6. The molecular formula is C34H42N8O6. The van der Waals surface area contributed by atoms with Crippen molar-refractivity contribution in [3.05, 3.63) is 70.8 Å². The van der Waals surface area contributed by atoms with Gasteiger partial charge in [-0.25, -0.2) is 19.6 Å². The summed E-state index contributed by atoms with van der Waals surface area (Å²) in [7, 11) is 2.66. The lowest BCUT2D eigenvalue weighted by Gasteiger charge is -2.29. The van der Waals surface area contributed by atoms with Crippen molar-refractivity contribution in [3.63, 3.8) is 0 Å². The fourth-order valence-corrected chi connectivity index (χ4v) is 6.04. The summed E-state index contributed by atoms with van der Waals surface area (Å²) in [6.07, 6.45) is 12.8. The zero-order valence-corrected chi connectivity index (χ0v) is 27.6. The van der Waals surface area contributed by atoms with E-state index in [4.69, 9.17) is 9.97 Å². The van der Waals surface area contributed by atoms with Crippen molar-refractivity contribution in [1.82, 2.24) is 40.0 Å². The number of rotatable bonds is 10. The topological polar surface area (TPSA) is 177 Å². The highest BCUT2D eigenvalue weighted by Crippen LogP contribution is 2.32. The van der Waals surface area contributed by atoms with E-state index in [1.165, 1.54) is 14.2 Å². The number of imidazole rings is 2. The molecule has 48 heavy (non-hydrogen) atoms. The fourth-order valence-electron chi connectivity index (χ4n) is 6.04. The molecule has 14 nitrogen and oxygen atoms in total. The van der Waals surface area contributed by atoms with Gasteiger partial charge in [-0.15, -0.1) is 0 Å². The summed E-state index contributed by atoms with van der Waals surface area (Å²) >= 11 is 0. The number of benzene rings is 1. The molecule has 2 aromatic heterocycles. The predicted octanol–water partition coefficient (Wildman–Crippen LogP) is 4.54. The maximum Gasteiger partial charge on any atom is 0.407 e. The molecule has 0 bridgehead atoms. The van der Waals surface area contributed by atoms with E-state index in [9.17, 15) is 24.3 Å². The van der Waals surface area contributed by atoms with Crippen molar-refractivity contribution >= 4 is 48.3 Å². The van der Waals surface area contributed by atoms with E-state index in [0.717, 1.165) is 53.1 Å². The Hall–Kier alpha value is -5.40. The summed E-state index contributed by atoms with van der Waals surface area (Å²) in [6.45, 7) is 4.40. The molecule has 2 aliphatic heterocycles. The van der Waals surface area contributed by atoms with E-state index < -0.39 is 24.3 Å². The number of carbonyl (C=O) groups is 4. The van der Waals surface area contributed by atoms with Gasteiger partial charge in [0.25, 0.3) is 0 Å². The minimum atomic E-state index is -1.14. The van der Waals surface area contributed by atoms with E-state index in [-0.39, 0.29) is 23.9 Å². The quantitative estimate of drug-likeness (QED) is 0.245. The lowest BCUT2D eigenvalue weighted by molar-refractivity contribution is -0.136. The van der Waals surface area contributed by atoms with Gasteiger partial charge in [-0.05, 0) is 62.8 Å². The third-order valence-corrected chi connectivity index (χ3v) is 8.90. The lowest BCUT2D eigenvalue weighted by atomic mass is 10.1. The second-order valence-corrected chi connectivity index (χ2v) is 12.1. The molecule has 2 fully saturated rings. The highest BCUT2D eigenvalue weighted by Gasteiger charge is 2.37. The van der Waals surface area contributed by atoms with Crippen LogP contribution in [0.15, 0.2) is 36.7 Å². The molecule has 0 unspecified atom stereocenters. The number of alkyl carbamates (subject to hydrolysis) is 1. The van der Waals surface area contributed by atoms with Crippen molar-refractivity contribution < 1.29 is 29.0 Å². The van der Waals surface area contributed by atoms with Crippen LogP contribution in [0.3, 0.4) is 0 Å². The number of H-pyrrole nitrogens is 2. The molecular weight excluding hydrogens is 616 g/mol. The van der Waals surface area contributed by atoms with Gasteiger partial charge in [-0.2, -0.15) is 0 Å². The van der Waals surface area contributed by atoms with Gasteiger partial charge in [0.05, 0.1) is 30.6 Å². The van der Waals surface area contributed by atoms with E-state index >= 15 is 0 Å². The Bertz CT molecular complexity index is 1680. The molecule has 254 valence electrons. The Labute approximate surface area is 278 Å². The van der Waals surface area contributed by atoms with Crippen molar-refractivity contribution in [3.8, 4) is 0 Å². The van der Waals surface area contributed by atoms with Gasteiger partial charge in [-0.1, -0.05) is 36.4 Å². The molecule has 0 spiro atoms. The number of nitrogens with zero attached hydrogens (tertiary/aromatic N) is 5. The van der Waals surface area contributed by atoms with Crippen LogP contribution in [-0.4, -0.2) is 103 Å². The molecule has 0 aliphatic carbocycles. The first kappa shape index (κ1) is 33.9. The molecule has 4 atom stereocenters. The largest absolute Gasteiger partial charge is 0.465 e. The zero-order chi connectivity index (χ0) is 34.4. The molecule has 0 saturated carbocycles. The number of aromatic nitrogens is 4. The molecule has 1 aromatic carbocycles. The molecule has 2 saturated heterocycles. The summed E-state index contributed by atoms with van der Waals surface area (Å²) in [6, 6.07) is 6.12. The summed E-state index contributed by atoms with van der Waals surface area (Å²) in [5.41, 5.74) is 3.46. The van der Waals surface area contributed by atoms with Crippen molar-refractivity contribution in [2.75, 3.05) is 27.2 Å². The maximum absolute atomic E-state index is 13.0. The third kappa shape index (κ3) is 7.76. The summed E-state index contributed by atoms with van der Waals surface area (Å²) in [5, 5.41) is 11.8. The molecule has 5 rings (SSSR count). The van der Waals surface area contributed by atoms with E-state index in [0.29, 0.717) is 24.7 Å². The lowest BCUT2D eigenvalue weighted by Crippen LogP contribution is -2.47. The molecule has 4 amide bonds. The number of hydrogen-bond acceptors (Lipinski definition) is 7. The van der Waals surface area contributed by atoms with Crippen molar-refractivity contribution in [1.29, 1.82) is 0 Å². The number of carbonyl (C=O) groups excluding carboxylic acids is 3. The maximum atomic E-state index is 13.0. The van der Waals surface area contributed by atoms with Crippen LogP contribution in [-0.2, 0) is 14.3 Å². The van der Waals surface area contributed by atoms with E-state index in [2.05, 4.69) is 20.0 Å². The van der Waals surface area contributed by atoms with Crippen LogP contribution >= 0.6 is 0 Å². The van der Waals surface area contributed by atoms with Gasteiger partial charge in [0.1, 0.15) is 23.7 Å². The van der Waals surface area contributed by atoms with Crippen molar-refractivity contribution in [2.45, 2.75) is 63.7 Å². The molecule has 2 aliphatic rings. The summed E-state index contributed by atoms with van der Waals surface area (Å²) < 4.78 is 4.61. The number of amides is 4. The third-order valence-electron chi connectivity index (χ3n) is 8.90. The van der Waals surface area contributed by atoms with E-state index in [1.807, 2.05) is 54.8 Å². The van der Waals surface area contributed by atoms with Gasteiger partial charge in [-0.3, -0.25) is 14.5 Å². The van der Waals surface area contributed by atoms with Crippen LogP contribution in [0.2, 0.25) is 0 Å². The second-order valence-electron chi connectivity index (χ2n) is 12.1. The first-order valence-electron chi connectivity index (χ1n) is 16.0. The van der Waals surface area contributed by atoms with Crippen LogP contribution in [0, 0.1) is 0 Å². The molecule has 14 heteroatoms. The predicted molar refractivity (Wildman–Crippen MR) is 179 cm³/mol. The SMILES string of the molecule is COC(=O)N[C@@H](C)C(=O)N1CCC[C@H]1c1nc(C=Cc2ccc(C=Cc3c[nH]c([C@@H]4CCCN4C(=O)[C@H](C)N(C)C(=O)O)n3)cc2)c[nH]1. The highest BCUT2D eigenvalue weighted by atomic mass is 16.5. The van der Waals surface area contributed by atoms with Crippen LogP contribution in [0.4, 0.5) is 9.59 Å². The average Bonchev–Trinajstić information content (AvgIpc) is 3.92. The van der Waals surface area contributed by atoms with Gasteiger partial charge in [0, 0.05) is 32.5 Å². The summed E-state index contributed by atoms with van der Waals surface area (Å²) in [4.78, 5) is 69.2. The van der Waals surface area contributed by atoms with Crippen LogP contribution in [0.5, 0.6) is 0 Å². The molecule has 3 aromatic rings. The Morgan fingerprint density at radius 2 is 1.35 bits per heavy atom. The molecule has 4 heterocycles. The Morgan fingerprint density at radius 1 is 0.875 bits per heavy atom. The molecule has 4 N–H and O–H groups in total. The normalized spacial score (nSPS) is 19.2. The first-order valence-corrected chi connectivity index (χ1v) is 16.0. The number of likely N-dealkylation sites (tertiary alicyclic amines) is 2. The Kier molecular flexibility index (Phi) is 10.6. The van der Waals surface area contributed by atoms with Crippen molar-refractivity contribution in [2.24, 2.45) is 0 Å². The van der Waals surface area contributed by atoms with Crippen LogP contribution in [0.25, 0.3) is 24.3 Å². The van der Waals surface area contributed by atoms with Gasteiger partial charge in [0.2, 0.25) is 11.8 Å². The van der Waals surface area contributed by atoms with Gasteiger partial charge in [0.15, 0.2) is 0 Å². The van der Waals surface area contributed by atoms with Crippen LogP contribution < -0.4 is 5.32 Å². The minimum absolute atomic E-state index is 0.178. The van der Waals surface area contributed by atoms with Crippen LogP contribution in [0.1, 0.15) is 85.8 Å². The fraction of sp³-hybridized carbons (Fsp3) is 0.412. The number of carboxylic acid groups (broad SMARTS) is 1. The number of methoxy groups -OCH3 is 1. The summed E-state index contributed by atoms with van der Waals surface area (Å²) in [5.74, 6) is 0.986. The highest BCUT2D eigenvalue weighted by molar-refractivity contribution is 5.86. The number of aromatic amines is 2. The average molecular weight is 659 g/mol.